The van der Waals surface area contributed by atoms with Gasteiger partial charge in [-0.25, -0.2) is 0 Å². The van der Waals surface area contributed by atoms with Crippen LogP contribution in [-0.2, 0) is 16.2 Å². The Morgan fingerprint density at radius 2 is 1.17 bits per heavy atom. The SMILES string of the molecule is CC1(C)CCC(C)(C)c2c(N(c3ccc(-c4cccc5ccccc45)cc3)c3ccc4c(c3)Sc3ccccc3C43C4CC5CC(C4)CC3C5)cccc21. The summed E-state index contributed by atoms with van der Waals surface area (Å²) < 4.78 is 0. The molecule has 4 saturated carbocycles. The first-order valence-electron chi connectivity index (χ1n) is 20.6. The molecule has 0 saturated heterocycles. The Balaban J connectivity index is 1.10. The number of hydrogen-bond acceptors (Lipinski definition) is 2. The lowest BCUT2D eigenvalue weighted by atomic mass is 9.42. The number of anilines is 3. The van der Waals surface area contributed by atoms with Gasteiger partial charge < -0.3 is 4.90 Å². The molecule has 0 radical (unpaired) electrons. The van der Waals surface area contributed by atoms with Crippen LogP contribution in [0.5, 0.6) is 0 Å². The quantitative estimate of drug-likeness (QED) is 0.178. The van der Waals surface area contributed by atoms with Crippen molar-refractivity contribution in [2.24, 2.45) is 23.7 Å². The van der Waals surface area contributed by atoms with Crippen LogP contribution < -0.4 is 4.90 Å². The molecule has 6 aromatic rings. The Labute approximate surface area is 326 Å². The van der Waals surface area contributed by atoms with Gasteiger partial charge in [0, 0.05) is 26.6 Å². The summed E-state index contributed by atoms with van der Waals surface area (Å²) in [5, 5.41) is 2.59. The summed E-state index contributed by atoms with van der Waals surface area (Å²) in [5.74, 6) is 3.38. The average molecular weight is 722 g/mol. The standard InChI is InChI=1S/C52H51NS/c1-50(2)25-26-51(3,4)49-45(50)16-10-17-46(49)53(39-21-19-36(20-22-39)42-14-9-12-35-11-5-6-13-41(35)42)40-23-24-44-48(32-40)54-47-18-8-7-15-43(47)52(44)37-28-33-27-34(30-37)31-38(52)29-33/h5-24,32-34,37-38H,25-31H2,1-4H3. The van der Waals surface area contributed by atoms with Gasteiger partial charge in [-0.2, -0.15) is 0 Å². The Kier molecular flexibility index (Phi) is 7.27. The molecular weight excluding hydrogens is 671 g/mol. The second-order valence-electron chi connectivity index (χ2n) is 18.8. The highest BCUT2D eigenvalue weighted by atomic mass is 32.2. The topological polar surface area (TPSA) is 3.24 Å². The molecule has 270 valence electrons. The van der Waals surface area contributed by atoms with E-state index < -0.39 is 0 Å². The zero-order chi connectivity index (χ0) is 36.4. The van der Waals surface area contributed by atoms with E-state index >= 15 is 0 Å². The maximum absolute atomic E-state index is 2.61. The van der Waals surface area contributed by atoms with Crippen molar-refractivity contribution in [1.82, 2.24) is 0 Å². The fourth-order valence-corrected chi connectivity index (χ4v) is 13.9. The molecule has 1 aliphatic heterocycles. The van der Waals surface area contributed by atoms with Crippen molar-refractivity contribution in [1.29, 1.82) is 0 Å². The van der Waals surface area contributed by atoms with Crippen LogP contribution in [0, 0.1) is 23.7 Å². The number of hydrogen-bond donors (Lipinski definition) is 0. The van der Waals surface area contributed by atoms with Crippen LogP contribution in [-0.4, -0.2) is 0 Å². The molecule has 6 aliphatic rings. The molecule has 0 N–H and O–H groups in total. The lowest BCUT2D eigenvalue weighted by Crippen LogP contribution is -2.57. The number of benzene rings is 6. The summed E-state index contributed by atoms with van der Waals surface area (Å²) in [6.45, 7) is 9.85. The summed E-state index contributed by atoms with van der Waals surface area (Å²) in [6.07, 6.45) is 9.49. The zero-order valence-corrected chi connectivity index (χ0v) is 33.1. The summed E-state index contributed by atoms with van der Waals surface area (Å²) in [7, 11) is 0. The number of rotatable bonds is 4. The number of nitrogens with zero attached hydrogens (tertiary/aromatic N) is 1. The Morgan fingerprint density at radius 1 is 0.537 bits per heavy atom. The fourth-order valence-electron chi connectivity index (χ4n) is 12.6. The van der Waals surface area contributed by atoms with Gasteiger partial charge in [-0.15, -0.1) is 0 Å². The predicted molar refractivity (Wildman–Crippen MR) is 228 cm³/mol. The molecule has 4 fully saturated rings. The van der Waals surface area contributed by atoms with Crippen LogP contribution in [0.2, 0.25) is 0 Å². The first kappa shape index (κ1) is 33.1. The van der Waals surface area contributed by atoms with Crippen LogP contribution in [0.3, 0.4) is 0 Å². The van der Waals surface area contributed by atoms with E-state index in [1.165, 1.54) is 105 Å². The summed E-state index contributed by atoms with van der Waals surface area (Å²) in [4.78, 5) is 5.57. The lowest BCUT2D eigenvalue weighted by Gasteiger charge is -2.63. The maximum Gasteiger partial charge on any atom is 0.0502 e. The molecule has 1 nitrogen and oxygen atoms in total. The van der Waals surface area contributed by atoms with Crippen molar-refractivity contribution in [3.05, 3.63) is 150 Å². The normalized spacial score (nSPS) is 26.7. The number of fused-ring (bicyclic) bond motifs is 4. The van der Waals surface area contributed by atoms with Crippen molar-refractivity contribution in [2.45, 2.75) is 98.7 Å². The van der Waals surface area contributed by atoms with Gasteiger partial charge >= 0.3 is 0 Å². The minimum Gasteiger partial charge on any atom is -0.310 e. The van der Waals surface area contributed by atoms with Gasteiger partial charge in [-0.3, -0.25) is 0 Å². The van der Waals surface area contributed by atoms with E-state index in [9.17, 15) is 0 Å². The largest absolute Gasteiger partial charge is 0.310 e. The van der Waals surface area contributed by atoms with Gasteiger partial charge in [-0.1, -0.05) is 130 Å². The minimum atomic E-state index is 0.0644. The Hall–Kier alpha value is -4.27. The molecule has 5 aliphatic carbocycles. The molecule has 0 atom stereocenters. The zero-order valence-electron chi connectivity index (χ0n) is 32.2. The molecule has 12 rings (SSSR count). The van der Waals surface area contributed by atoms with Gasteiger partial charge in [0.25, 0.3) is 0 Å². The highest BCUT2D eigenvalue weighted by Crippen LogP contribution is 2.69. The molecule has 0 amide bonds. The van der Waals surface area contributed by atoms with E-state index in [0.717, 1.165) is 23.7 Å². The molecule has 0 unspecified atom stereocenters. The first-order chi connectivity index (χ1) is 26.2. The second kappa shape index (κ2) is 11.9. The molecule has 2 heteroatoms. The molecular formula is C52H51NS. The van der Waals surface area contributed by atoms with Gasteiger partial charge in [-0.05, 0) is 160 Å². The van der Waals surface area contributed by atoms with Crippen molar-refractivity contribution < 1.29 is 0 Å². The fraction of sp³-hybridized carbons (Fsp3) is 0.346. The third-order valence-corrected chi connectivity index (χ3v) is 16.1. The van der Waals surface area contributed by atoms with E-state index in [1.54, 1.807) is 11.1 Å². The van der Waals surface area contributed by atoms with Crippen molar-refractivity contribution in [2.75, 3.05) is 4.90 Å². The first-order valence-corrected chi connectivity index (χ1v) is 21.5. The van der Waals surface area contributed by atoms with Crippen LogP contribution in [0.4, 0.5) is 17.1 Å². The third kappa shape index (κ3) is 4.78. The van der Waals surface area contributed by atoms with Crippen LogP contribution in [0.25, 0.3) is 21.9 Å². The van der Waals surface area contributed by atoms with Crippen LogP contribution in [0.1, 0.15) is 94.9 Å². The monoisotopic (exact) mass is 721 g/mol. The molecule has 1 heterocycles. The van der Waals surface area contributed by atoms with E-state index in [-0.39, 0.29) is 16.2 Å². The van der Waals surface area contributed by atoms with Crippen LogP contribution >= 0.6 is 11.8 Å². The molecule has 4 bridgehead atoms. The summed E-state index contributed by atoms with van der Waals surface area (Å²) >= 11 is 2.03. The predicted octanol–water partition coefficient (Wildman–Crippen LogP) is 14.5. The van der Waals surface area contributed by atoms with Crippen molar-refractivity contribution >= 4 is 39.6 Å². The van der Waals surface area contributed by atoms with Gasteiger partial charge in [0.15, 0.2) is 0 Å². The van der Waals surface area contributed by atoms with Crippen LogP contribution in [0.15, 0.2) is 137 Å². The van der Waals surface area contributed by atoms with E-state index in [2.05, 4.69) is 160 Å². The van der Waals surface area contributed by atoms with E-state index in [0.29, 0.717) is 0 Å². The summed E-state index contributed by atoms with van der Waals surface area (Å²) in [5.41, 5.74) is 13.0. The summed E-state index contributed by atoms with van der Waals surface area (Å²) in [6, 6.07) is 49.2. The minimum absolute atomic E-state index is 0.0644. The molecule has 1 spiro atoms. The van der Waals surface area contributed by atoms with E-state index in [4.69, 9.17) is 0 Å². The smallest absolute Gasteiger partial charge is 0.0502 e. The highest BCUT2D eigenvalue weighted by Gasteiger charge is 2.60. The van der Waals surface area contributed by atoms with Crippen molar-refractivity contribution in [3.63, 3.8) is 0 Å². The lowest BCUT2D eigenvalue weighted by molar-refractivity contribution is -0.0443. The van der Waals surface area contributed by atoms with Crippen molar-refractivity contribution in [3.8, 4) is 11.1 Å². The second-order valence-corrected chi connectivity index (χ2v) is 19.9. The Bertz CT molecular complexity index is 2420. The Morgan fingerprint density at radius 3 is 1.96 bits per heavy atom. The van der Waals surface area contributed by atoms with E-state index in [1.807, 2.05) is 11.8 Å². The maximum atomic E-state index is 2.61. The van der Waals surface area contributed by atoms with Gasteiger partial charge in [0.05, 0.1) is 5.69 Å². The average Bonchev–Trinajstić information content (AvgIpc) is 3.18. The molecule has 0 aromatic heterocycles. The van der Waals surface area contributed by atoms with Gasteiger partial charge in [0.2, 0.25) is 0 Å². The molecule has 6 aromatic carbocycles. The highest BCUT2D eigenvalue weighted by molar-refractivity contribution is 7.99. The van der Waals surface area contributed by atoms with Gasteiger partial charge in [0.1, 0.15) is 0 Å². The molecule has 54 heavy (non-hydrogen) atoms. The third-order valence-electron chi connectivity index (χ3n) is 14.9.